The van der Waals surface area contributed by atoms with E-state index in [1.165, 1.54) is 6.07 Å². The summed E-state index contributed by atoms with van der Waals surface area (Å²) >= 11 is 0. The van der Waals surface area contributed by atoms with Crippen LogP contribution in [0.1, 0.15) is 24.1 Å². The second-order valence-electron chi connectivity index (χ2n) is 4.86. The molecule has 19 heavy (non-hydrogen) atoms. The van der Waals surface area contributed by atoms with E-state index in [2.05, 4.69) is 4.98 Å². The molecule has 0 radical (unpaired) electrons. The molecule has 0 saturated carbocycles. The maximum atomic E-state index is 12.4. The molecule has 1 aromatic rings. The molecule has 1 aromatic heterocycles. The fourth-order valence-corrected chi connectivity index (χ4v) is 4.06. The van der Waals surface area contributed by atoms with E-state index >= 15 is 0 Å². The third-order valence-electron chi connectivity index (χ3n) is 3.21. The molecular weight excluding hydrogens is 279 g/mol. The molecule has 2 rings (SSSR count). The average molecular weight is 293 g/mol. The maximum absolute atomic E-state index is 12.4. The number of alkyl halides is 3. The molecule has 0 spiro atoms. The zero-order valence-corrected chi connectivity index (χ0v) is 11.0. The van der Waals surface area contributed by atoms with Gasteiger partial charge in [0, 0.05) is 11.9 Å². The Morgan fingerprint density at radius 1 is 1.32 bits per heavy atom. The highest BCUT2D eigenvalue weighted by Gasteiger charge is 2.31. The molecule has 2 heterocycles. The second-order valence-corrected chi connectivity index (χ2v) is 7.09. The smallest absolute Gasteiger partial charge is 0.261 e. The van der Waals surface area contributed by atoms with Crippen LogP contribution >= 0.6 is 0 Å². The van der Waals surface area contributed by atoms with Crippen molar-refractivity contribution < 1.29 is 21.6 Å². The number of rotatable bonds is 2. The largest absolute Gasteiger partial charge is 0.417 e. The summed E-state index contributed by atoms with van der Waals surface area (Å²) < 4.78 is 60.0. The number of nitrogens with zero attached hydrogens (tertiary/aromatic N) is 1. The van der Waals surface area contributed by atoms with E-state index in [1.807, 2.05) is 0 Å². The molecule has 1 fully saturated rings. The van der Waals surface area contributed by atoms with E-state index in [1.54, 1.807) is 0 Å². The van der Waals surface area contributed by atoms with Crippen molar-refractivity contribution in [1.82, 2.24) is 4.98 Å². The third kappa shape index (κ3) is 3.92. The molecule has 3 nitrogen and oxygen atoms in total. The quantitative estimate of drug-likeness (QED) is 0.841. The number of sulfone groups is 1. The van der Waals surface area contributed by atoms with Gasteiger partial charge < -0.3 is 0 Å². The number of hydrogen-bond donors (Lipinski definition) is 0. The zero-order valence-electron chi connectivity index (χ0n) is 10.2. The van der Waals surface area contributed by atoms with Gasteiger partial charge in [0.25, 0.3) is 0 Å². The lowest BCUT2D eigenvalue weighted by Gasteiger charge is -2.21. The second kappa shape index (κ2) is 5.11. The lowest BCUT2D eigenvalue weighted by molar-refractivity contribution is -0.137. The van der Waals surface area contributed by atoms with Gasteiger partial charge in [-0.2, -0.15) is 13.2 Å². The van der Waals surface area contributed by atoms with Gasteiger partial charge in [0.1, 0.15) is 0 Å². The lowest BCUT2D eigenvalue weighted by Crippen LogP contribution is -2.26. The lowest BCUT2D eigenvalue weighted by atomic mass is 9.99. The fraction of sp³-hybridized carbons (Fsp3) is 0.583. The summed E-state index contributed by atoms with van der Waals surface area (Å²) in [6, 6.07) is 2.31. The van der Waals surface area contributed by atoms with Crippen LogP contribution in [-0.4, -0.2) is 24.9 Å². The van der Waals surface area contributed by atoms with Crippen LogP contribution in [0.4, 0.5) is 13.2 Å². The first-order valence-electron chi connectivity index (χ1n) is 5.99. The number of halogens is 3. The van der Waals surface area contributed by atoms with Crippen molar-refractivity contribution >= 4 is 9.84 Å². The van der Waals surface area contributed by atoms with Gasteiger partial charge in [-0.3, -0.25) is 4.98 Å². The molecular formula is C12H14F3NO2S. The number of aromatic nitrogens is 1. The first-order chi connectivity index (χ1) is 8.76. The predicted octanol–water partition coefficient (Wildman–Crippen LogP) is 2.47. The molecule has 0 aliphatic carbocycles. The molecule has 106 valence electrons. The summed E-state index contributed by atoms with van der Waals surface area (Å²) in [5, 5.41) is 0. The van der Waals surface area contributed by atoms with Crippen LogP contribution in [-0.2, 0) is 22.4 Å². The van der Waals surface area contributed by atoms with Crippen LogP contribution in [0.5, 0.6) is 0 Å². The van der Waals surface area contributed by atoms with Crippen molar-refractivity contribution in [2.24, 2.45) is 5.92 Å². The summed E-state index contributed by atoms with van der Waals surface area (Å²) in [5.74, 6) is 0.280. The van der Waals surface area contributed by atoms with Crippen molar-refractivity contribution in [2.45, 2.75) is 25.4 Å². The van der Waals surface area contributed by atoms with E-state index in [9.17, 15) is 21.6 Å². The Bertz CT molecular complexity index is 537. The van der Waals surface area contributed by atoms with Crippen LogP contribution in [0.3, 0.4) is 0 Å². The van der Waals surface area contributed by atoms with Gasteiger partial charge >= 0.3 is 6.18 Å². The van der Waals surface area contributed by atoms with Gasteiger partial charge in [0.05, 0.1) is 17.1 Å². The van der Waals surface area contributed by atoms with Crippen molar-refractivity contribution in [3.63, 3.8) is 0 Å². The topological polar surface area (TPSA) is 47.0 Å². The molecule has 0 bridgehead atoms. The first-order valence-corrected chi connectivity index (χ1v) is 7.81. The monoisotopic (exact) mass is 293 g/mol. The summed E-state index contributed by atoms with van der Waals surface area (Å²) in [4.78, 5) is 3.77. The Morgan fingerprint density at radius 3 is 2.58 bits per heavy atom. The van der Waals surface area contributed by atoms with Crippen molar-refractivity contribution in [3.05, 3.63) is 29.6 Å². The highest BCUT2D eigenvalue weighted by Crippen LogP contribution is 2.29. The Labute approximate surface area is 109 Å². The molecule has 7 heteroatoms. The Morgan fingerprint density at radius 2 is 2.05 bits per heavy atom. The predicted molar refractivity (Wildman–Crippen MR) is 64.3 cm³/mol. The van der Waals surface area contributed by atoms with E-state index in [4.69, 9.17) is 0 Å². The van der Waals surface area contributed by atoms with Gasteiger partial charge in [-0.15, -0.1) is 0 Å². The molecule has 0 aromatic carbocycles. The van der Waals surface area contributed by atoms with E-state index in [0.29, 0.717) is 18.5 Å². The van der Waals surface area contributed by atoms with Crippen molar-refractivity contribution in [3.8, 4) is 0 Å². The highest BCUT2D eigenvalue weighted by molar-refractivity contribution is 7.91. The minimum Gasteiger partial charge on any atom is -0.261 e. The Kier molecular flexibility index (Phi) is 3.85. The van der Waals surface area contributed by atoms with Gasteiger partial charge in [0.15, 0.2) is 9.84 Å². The van der Waals surface area contributed by atoms with Crippen LogP contribution in [0, 0.1) is 5.92 Å². The molecule has 1 unspecified atom stereocenters. The van der Waals surface area contributed by atoms with Crippen LogP contribution < -0.4 is 0 Å². The van der Waals surface area contributed by atoms with Gasteiger partial charge in [0.2, 0.25) is 0 Å². The number of pyridine rings is 1. The standard InChI is InChI=1S/C12H14F3NO2S/c13-12(14,15)10-3-4-11(16-7-10)6-9-2-1-5-19(17,18)8-9/h3-4,7,9H,1-2,5-6,8H2. The maximum Gasteiger partial charge on any atom is 0.417 e. The molecule has 1 aliphatic rings. The Hall–Kier alpha value is -1.11. The van der Waals surface area contributed by atoms with E-state index < -0.39 is 21.6 Å². The Balaban J connectivity index is 2.04. The molecule has 1 saturated heterocycles. The van der Waals surface area contributed by atoms with Gasteiger partial charge in [-0.05, 0) is 37.3 Å². The average Bonchev–Trinajstić information content (AvgIpc) is 2.27. The zero-order chi connectivity index (χ0) is 14.1. The number of hydrogen-bond acceptors (Lipinski definition) is 3. The molecule has 1 aliphatic heterocycles. The fourth-order valence-electron chi connectivity index (χ4n) is 2.29. The molecule has 0 N–H and O–H groups in total. The van der Waals surface area contributed by atoms with E-state index in [-0.39, 0.29) is 17.4 Å². The van der Waals surface area contributed by atoms with Crippen molar-refractivity contribution in [1.29, 1.82) is 0 Å². The van der Waals surface area contributed by atoms with Crippen molar-refractivity contribution in [2.75, 3.05) is 11.5 Å². The van der Waals surface area contributed by atoms with Gasteiger partial charge in [-0.1, -0.05) is 0 Å². The SMILES string of the molecule is O=S1(=O)CCCC(Cc2ccc(C(F)(F)F)cn2)C1. The summed E-state index contributed by atoms with van der Waals surface area (Å²) in [6.07, 6.45) is -1.78. The molecule has 1 atom stereocenters. The summed E-state index contributed by atoms with van der Waals surface area (Å²) in [5.41, 5.74) is -0.275. The van der Waals surface area contributed by atoms with Crippen LogP contribution in [0.15, 0.2) is 18.3 Å². The minimum absolute atomic E-state index is 0.0389. The van der Waals surface area contributed by atoms with Gasteiger partial charge in [-0.25, -0.2) is 8.42 Å². The van der Waals surface area contributed by atoms with Crippen LogP contribution in [0.2, 0.25) is 0 Å². The summed E-state index contributed by atoms with van der Waals surface area (Å²) in [6.45, 7) is 0. The first kappa shape index (κ1) is 14.3. The van der Waals surface area contributed by atoms with Crippen LogP contribution in [0.25, 0.3) is 0 Å². The highest BCUT2D eigenvalue weighted by atomic mass is 32.2. The summed E-state index contributed by atoms with van der Waals surface area (Å²) in [7, 11) is -2.99. The van der Waals surface area contributed by atoms with E-state index in [0.717, 1.165) is 18.7 Å². The minimum atomic E-state index is -4.39. The third-order valence-corrected chi connectivity index (χ3v) is 5.10. The normalized spacial score (nSPS) is 23.2. The molecule has 0 amide bonds.